The average molecular weight is 345 g/mol. The third-order valence-corrected chi connectivity index (χ3v) is 4.86. The molecule has 0 aliphatic heterocycles. The van der Waals surface area contributed by atoms with Crippen LogP contribution in [-0.4, -0.2) is 13.4 Å². The Bertz CT molecular complexity index is 784. The van der Waals surface area contributed by atoms with Crippen LogP contribution in [0, 0.1) is 6.92 Å². The number of benzene rings is 1. The Kier molecular flexibility index (Phi) is 4.67. The van der Waals surface area contributed by atoms with Gasteiger partial charge in [-0.1, -0.05) is 29.9 Å². The molecule has 8 heteroatoms. The van der Waals surface area contributed by atoms with Gasteiger partial charge in [0.2, 0.25) is 10.0 Å². The minimum Gasteiger partial charge on any atom is -0.465 e. The Morgan fingerprint density at radius 3 is 2.67 bits per heavy atom. The quantitative estimate of drug-likeness (QED) is 0.813. The van der Waals surface area contributed by atoms with E-state index in [0.29, 0.717) is 17.1 Å². The molecule has 21 heavy (non-hydrogen) atoms. The highest BCUT2D eigenvalue weighted by Gasteiger charge is 2.19. The maximum atomic E-state index is 12.3. The first-order chi connectivity index (χ1) is 9.79. The number of furan rings is 1. The first kappa shape index (κ1) is 16.0. The maximum Gasteiger partial charge on any atom is 0.242 e. The fourth-order valence-electron chi connectivity index (χ4n) is 1.69. The fourth-order valence-corrected chi connectivity index (χ4v) is 3.33. The number of aryl methyl sites for hydroxylation is 1. The molecule has 0 saturated heterocycles. The minimum atomic E-state index is -3.79. The third kappa shape index (κ3) is 3.82. The lowest BCUT2D eigenvalue weighted by molar-refractivity contribution is 0.475. The summed E-state index contributed by atoms with van der Waals surface area (Å²) in [6.07, 6.45) is 0. The normalized spacial score (nSPS) is 11.5. The highest BCUT2D eigenvalue weighted by atomic mass is 35.5. The van der Waals surface area contributed by atoms with E-state index >= 15 is 0 Å². The van der Waals surface area contributed by atoms with E-state index in [1.54, 1.807) is 25.1 Å². The van der Waals surface area contributed by atoms with Crippen molar-refractivity contribution >= 4 is 38.8 Å². The van der Waals surface area contributed by atoms with Crippen LogP contribution in [-0.2, 0) is 16.6 Å². The fraction of sp³-hybridized carbons (Fsp3) is 0.154. The van der Waals surface area contributed by atoms with Crippen LogP contribution in [0.4, 0.5) is 0 Å². The lowest BCUT2D eigenvalue weighted by Crippen LogP contribution is -2.24. The molecule has 0 aliphatic carbocycles. The standard InChI is InChI=1S/C13H13ClN2O3S2/c1-8-2-4-10(19-8)7-16-21(17,18)12-6-9(13(15)20)3-5-11(12)14/h2-6,16H,7H2,1H3,(H2,15,20). The zero-order chi connectivity index (χ0) is 15.6. The van der Waals surface area contributed by atoms with E-state index in [-0.39, 0.29) is 21.5 Å². The number of thiocarbonyl (C=S) groups is 1. The van der Waals surface area contributed by atoms with E-state index in [2.05, 4.69) is 4.72 Å². The predicted molar refractivity (Wildman–Crippen MR) is 84.8 cm³/mol. The van der Waals surface area contributed by atoms with Crippen LogP contribution >= 0.6 is 23.8 Å². The van der Waals surface area contributed by atoms with Crippen molar-refractivity contribution < 1.29 is 12.8 Å². The minimum absolute atomic E-state index is 0.0315. The van der Waals surface area contributed by atoms with Crippen molar-refractivity contribution in [3.8, 4) is 0 Å². The summed E-state index contributed by atoms with van der Waals surface area (Å²) in [5.41, 5.74) is 5.94. The molecular formula is C13H13ClN2O3S2. The molecule has 0 unspecified atom stereocenters. The van der Waals surface area contributed by atoms with Crippen LogP contribution in [0.25, 0.3) is 0 Å². The summed E-state index contributed by atoms with van der Waals surface area (Å²) in [6.45, 7) is 1.81. The van der Waals surface area contributed by atoms with Crippen molar-refractivity contribution in [1.82, 2.24) is 4.72 Å². The predicted octanol–water partition coefficient (Wildman–Crippen LogP) is 2.35. The summed E-state index contributed by atoms with van der Waals surface area (Å²) < 4.78 is 32.3. The molecule has 1 heterocycles. The van der Waals surface area contributed by atoms with Gasteiger partial charge in [0.15, 0.2) is 0 Å². The Morgan fingerprint density at radius 1 is 1.38 bits per heavy atom. The van der Waals surface area contributed by atoms with Crippen molar-refractivity contribution in [2.75, 3.05) is 0 Å². The molecule has 112 valence electrons. The number of hydrogen-bond acceptors (Lipinski definition) is 4. The SMILES string of the molecule is Cc1ccc(CNS(=O)(=O)c2cc(C(N)=S)ccc2Cl)o1. The van der Waals surface area contributed by atoms with Crippen LogP contribution in [0.5, 0.6) is 0 Å². The van der Waals surface area contributed by atoms with Gasteiger partial charge < -0.3 is 10.2 Å². The summed E-state index contributed by atoms with van der Waals surface area (Å²) in [5.74, 6) is 1.22. The summed E-state index contributed by atoms with van der Waals surface area (Å²) in [5, 5.41) is 0.0955. The number of halogens is 1. The molecule has 0 bridgehead atoms. The molecule has 0 saturated carbocycles. The Hall–Kier alpha value is -1.41. The Morgan fingerprint density at radius 2 is 2.10 bits per heavy atom. The zero-order valence-electron chi connectivity index (χ0n) is 11.1. The van der Waals surface area contributed by atoms with Gasteiger partial charge in [-0.2, -0.15) is 0 Å². The van der Waals surface area contributed by atoms with E-state index in [0.717, 1.165) is 0 Å². The van der Waals surface area contributed by atoms with Gasteiger partial charge in [-0.15, -0.1) is 0 Å². The van der Waals surface area contributed by atoms with Crippen LogP contribution in [0.3, 0.4) is 0 Å². The first-order valence-corrected chi connectivity index (χ1v) is 8.21. The molecule has 5 nitrogen and oxygen atoms in total. The number of nitrogens with one attached hydrogen (secondary N) is 1. The topological polar surface area (TPSA) is 85.3 Å². The average Bonchev–Trinajstić information content (AvgIpc) is 2.82. The number of sulfonamides is 1. The number of rotatable bonds is 5. The van der Waals surface area contributed by atoms with E-state index < -0.39 is 10.0 Å². The van der Waals surface area contributed by atoms with E-state index in [9.17, 15) is 8.42 Å². The van der Waals surface area contributed by atoms with Crippen molar-refractivity contribution in [1.29, 1.82) is 0 Å². The second-order valence-electron chi connectivity index (χ2n) is 4.35. The van der Waals surface area contributed by atoms with Crippen molar-refractivity contribution in [2.45, 2.75) is 18.4 Å². The molecule has 2 rings (SSSR count). The van der Waals surface area contributed by atoms with Gasteiger partial charge in [0.25, 0.3) is 0 Å². The molecule has 2 aromatic rings. The summed E-state index contributed by atoms with van der Waals surface area (Å²) in [4.78, 5) is 0.0301. The lowest BCUT2D eigenvalue weighted by Gasteiger charge is -2.09. The summed E-state index contributed by atoms with van der Waals surface area (Å²) in [6, 6.07) is 7.82. The maximum absolute atomic E-state index is 12.3. The molecule has 0 radical (unpaired) electrons. The van der Waals surface area contributed by atoms with Gasteiger partial charge in [-0.3, -0.25) is 0 Å². The van der Waals surface area contributed by atoms with Crippen LogP contribution in [0.1, 0.15) is 17.1 Å². The third-order valence-electron chi connectivity index (χ3n) is 2.74. The summed E-state index contributed by atoms with van der Waals surface area (Å²) in [7, 11) is -3.79. The summed E-state index contributed by atoms with van der Waals surface area (Å²) >= 11 is 10.8. The van der Waals surface area contributed by atoms with Crippen molar-refractivity contribution in [3.63, 3.8) is 0 Å². The Balaban J connectivity index is 2.26. The van der Waals surface area contributed by atoms with Gasteiger partial charge in [0.05, 0.1) is 11.6 Å². The molecule has 0 atom stereocenters. The second kappa shape index (κ2) is 6.15. The van der Waals surface area contributed by atoms with Gasteiger partial charge in [0.1, 0.15) is 21.4 Å². The molecule has 3 N–H and O–H groups in total. The van der Waals surface area contributed by atoms with Crippen LogP contribution < -0.4 is 10.5 Å². The van der Waals surface area contributed by atoms with Crippen LogP contribution in [0.2, 0.25) is 5.02 Å². The molecule has 1 aromatic carbocycles. The van der Waals surface area contributed by atoms with Crippen LogP contribution in [0.15, 0.2) is 39.6 Å². The molecule has 1 aromatic heterocycles. The largest absolute Gasteiger partial charge is 0.465 e. The molecular weight excluding hydrogens is 332 g/mol. The van der Waals surface area contributed by atoms with Gasteiger partial charge in [0, 0.05) is 5.56 Å². The monoisotopic (exact) mass is 344 g/mol. The second-order valence-corrected chi connectivity index (χ2v) is 6.93. The Labute approximate surface area is 133 Å². The van der Waals surface area contributed by atoms with E-state index in [1.807, 2.05) is 0 Å². The zero-order valence-corrected chi connectivity index (χ0v) is 13.5. The number of nitrogens with two attached hydrogens (primary N) is 1. The number of hydrogen-bond donors (Lipinski definition) is 2. The van der Waals surface area contributed by atoms with Crippen molar-refractivity contribution in [2.24, 2.45) is 5.73 Å². The molecule has 0 fully saturated rings. The first-order valence-electron chi connectivity index (χ1n) is 5.94. The molecule has 0 amide bonds. The van der Waals surface area contributed by atoms with Gasteiger partial charge in [-0.25, -0.2) is 13.1 Å². The van der Waals surface area contributed by atoms with E-state index in [1.165, 1.54) is 12.1 Å². The van der Waals surface area contributed by atoms with Gasteiger partial charge in [-0.05, 0) is 31.2 Å². The van der Waals surface area contributed by atoms with E-state index in [4.69, 9.17) is 34.0 Å². The highest BCUT2D eigenvalue weighted by Crippen LogP contribution is 2.23. The highest BCUT2D eigenvalue weighted by molar-refractivity contribution is 7.89. The van der Waals surface area contributed by atoms with Gasteiger partial charge >= 0.3 is 0 Å². The van der Waals surface area contributed by atoms with Crippen molar-refractivity contribution in [3.05, 3.63) is 52.4 Å². The molecule has 0 spiro atoms. The lowest BCUT2D eigenvalue weighted by atomic mass is 10.2. The molecule has 0 aliphatic rings. The smallest absolute Gasteiger partial charge is 0.242 e.